The summed E-state index contributed by atoms with van der Waals surface area (Å²) >= 11 is 4.64. The molecule has 3 nitrogen and oxygen atoms in total. The Balaban J connectivity index is 0. The largest absolute Gasteiger partial charge is 0.421 e. The number of carbonyl (C=O) groups excluding carboxylic acids is 1. The van der Waals surface area contributed by atoms with E-state index in [1.807, 2.05) is 6.92 Å². The van der Waals surface area contributed by atoms with E-state index >= 15 is 0 Å². The molecule has 1 rings (SSSR count). The van der Waals surface area contributed by atoms with Gasteiger partial charge in [-0.25, -0.2) is 0 Å². The van der Waals surface area contributed by atoms with E-state index in [0.29, 0.717) is 6.54 Å². The molecule has 0 aromatic carbocycles. The van der Waals surface area contributed by atoms with Crippen LogP contribution in [0.25, 0.3) is 0 Å². The van der Waals surface area contributed by atoms with Gasteiger partial charge in [0, 0.05) is 32.1 Å². The summed E-state index contributed by atoms with van der Waals surface area (Å²) in [5, 5.41) is 3.04. The third-order valence-corrected chi connectivity index (χ3v) is 2.26. The summed E-state index contributed by atoms with van der Waals surface area (Å²) in [7, 11) is 0. The highest BCUT2D eigenvalue weighted by Crippen LogP contribution is 2.25. The van der Waals surface area contributed by atoms with Crippen LogP contribution in [0.1, 0.15) is 6.92 Å². The Hall–Kier alpha value is -1.19. The van der Waals surface area contributed by atoms with Gasteiger partial charge in [0.25, 0.3) is 5.91 Å². The SMILES string of the molecule is C#C.C=C(C(=O)N1CCNC(C)C1)C(F)(F)F.CCl. The number of rotatable bonds is 1. The maximum Gasteiger partial charge on any atom is 0.421 e. The van der Waals surface area contributed by atoms with Crippen LogP contribution in [0, 0.1) is 12.8 Å². The van der Waals surface area contributed by atoms with Crippen molar-refractivity contribution in [3.05, 3.63) is 12.2 Å². The van der Waals surface area contributed by atoms with Crippen molar-refractivity contribution in [1.82, 2.24) is 10.2 Å². The number of piperazine rings is 1. The molecular weight excluding hydrogens is 281 g/mol. The average Bonchev–Trinajstić information content (AvgIpc) is 2.40. The molecule has 110 valence electrons. The summed E-state index contributed by atoms with van der Waals surface area (Å²) in [5.41, 5.74) is -1.29. The summed E-state index contributed by atoms with van der Waals surface area (Å²) in [6, 6.07) is 0.0173. The summed E-state index contributed by atoms with van der Waals surface area (Å²) < 4.78 is 36.6. The van der Waals surface area contributed by atoms with Crippen molar-refractivity contribution in [2.75, 3.05) is 26.0 Å². The predicted octanol–water partition coefficient (Wildman–Crippen LogP) is 2.03. The van der Waals surface area contributed by atoms with Crippen LogP contribution < -0.4 is 5.32 Å². The van der Waals surface area contributed by atoms with Gasteiger partial charge in [-0.2, -0.15) is 13.2 Å². The fourth-order valence-electron chi connectivity index (χ4n) is 1.43. The van der Waals surface area contributed by atoms with Crippen LogP contribution in [0.5, 0.6) is 0 Å². The first-order valence-electron chi connectivity index (χ1n) is 5.32. The second-order valence-corrected chi connectivity index (χ2v) is 3.58. The van der Waals surface area contributed by atoms with Crippen molar-refractivity contribution in [2.45, 2.75) is 19.1 Å². The van der Waals surface area contributed by atoms with Crippen molar-refractivity contribution >= 4 is 17.5 Å². The Bertz CT molecular complexity index is 316. The topological polar surface area (TPSA) is 32.3 Å². The second-order valence-electron chi connectivity index (χ2n) is 3.58. The lowest BCUT2D eigenvalue weighted by Gasteiger charge is -2.32. The van der Waals surface area contributed by atoms with E-state index in [0.717, 1.165) is 0 Å². The van der Waals surface area contributed by atoms with Crippen molar-refractivity contribution < 1.29 is 18.0 Å². The molecule has 1 amide bonds. The zero-order valence-electron chi connectivity index (χ0n) is 10.9. The molecule has 1 fully saturated rings. The number of nitrogens with one attached hydrogen (secondary N) is 1. The van der Waals surface area contributed by atoms with Crippen LogP contribution in [0.3, 0.4) is 0 Å². The van der Waals surface area contributed by atoms with E-state index in [4.69, 9.17) is 0 Å². The molecule has 19 heavy (non-hydrogen) atoms. The van der Waals surface area contributed by atoms with Gasteiger partial charge in [0.2, 0.25) is 0 Å². The number of nitrogens with zero attached hydrogens (tertiary/aromatic N) is 1. The third kappa shape index (κ3) is 7.09. The Morgan fingerprint density at radius 1 is 1.42 bits per heavy atom. The standard InChI is InChI=1S/C9H13F3N2O.C2H2.CH3Cl/c1-6-5-14(4-3-13-6)8(15)7(2)9(10,11)12;2*1-2/h6,13H,2-5H2,1H3;1-2H;1H3. The summed E-state index contributed by atoms with van der Waals surface area (Å²) in [6.07, 6.45) is 4.84. The first kappa shape index (κ1) is 20.1. The maximum atomic E-state index is 12.2. The summed E-state index contributed by atoms with van der Waals surface area (Å²) in [4.78, 5) is 12.5. The lowest BCUT2D eigenvalue weighted by molar-refractivity contribution is -0.140. The molecule has 0 aliphatic carbocycles. The lowest BCUT2D eigenvalue weighted by Crippen LogP contribution is -2.52. The van der Waals surface area contributed by atoms with Crippen LogP contribution in [0.4, 0.5) is 13.2 Å². The molecule has 0 aromatic rings. The van der Waals surface area contributed by atoms with Gasteiger partial charge in [-0.05, 0) is 6.92 Å². The number of amides is 1. The van der Waals surface area contributed by atoms with E-state index in [1.165, 1.54) is 11.3 Å². The van der Waals surface area contributed by atoms with Gasteiger partial charge in [-0.3, -0.25) is 4.79 Å². The molecule has 1 heterocycles. The number of halogens is 4. The Kier molecular flexibility index (Phi) is 10.3. The van der Waals surface area contributed by atoms with Crippen molar-refractivity contribution in [2.24, 2.45) is 0 Å². The van der Waals surface area contributed by atoms with E-state index in [9.17, 15) is 18.0 Å². The molecule has 0 radical (unpaired) electrons. The van der Waals surface area contributed by atoms with Crippen LogP contribution >= 0.6 is 11.6 Å². The molecule has 0 aromatic heterocycles. The number of terminal acetylenes is 1. The van der Waals surface area contributed by atoms with E-state index in [2.05, 4.69) is 36.3 Å². The molecule has 0 saturated carbocycles. The molecule has 1 N–H and O–H groups in total. The Labute approximate surface area is 116 Å². The molecule has 1 aliphatic rings. The quantitative estimate of drug-likeness (QED) is 0.456. The Morgan fingerprint density at radius 2 is 1.89 bits per heavy atom. The number of alkyl halides is 4. The summed E-state index contributed by atoms with van der Waals surface area (Å²) in [6.45, 7) is 5.69. The molecule has 0 bridgehead atoms. The van der Waals surface area contributed by atoms with Crippen LogP contribution in [-0.4, -0.2) is 49.0 Å². The van der Waals surface area contributed by atoms with Crippen LogP contribution in [0.15, 0.2) is 12.2 Å². The van der Waals surface area contributed by atoms with Gasteiger partial charge >= 0.3 is 6.18 Å². The van der Waals surface area contributed by atoms with Crippen molar-refractivity contribution in [1.29, 1.82) is 0 Å². The van der Waals surface area contributed by atoms with Gasteiger partial charge in [0.15, 0.2) is 0 Å². The minimum absolute atomic E-state index is 0.0173. The van der Waals surface area contributed by atoms with E-state index < -0.39 is 17.7 Å². The molecule has 0 spiro atoms. The summed E-state index contributed by atoms with van der Waals surface area (Å²) in [5.74, 6) is -1.02. The number of carbonyl (C=O) groups is 1. The van der Waals surface area contributed by atoms with Gasteiger partial charge in [0.1, 0.15) is 5.57 Å². The minimum atomic E-state index is -4.63. The fraction of sp³-hybridized carbons (Fsp3) is 0.583. The van der Waals surface area contributed by atoms with E-state index in [1.54, 1.807) is 0 Å². The molecular formula is C12H18ClF3N2O. The maximum absolute atomic E-state index is 12.2. The van der Waals surface area contributed by atoms with Crippen molar-refractivity contribution in [3.63, 3.8) is 0 Å². The normalized spacial score (nSPS) is 18.3. The van der Waals surface area contributed by atoms with Crippen LogP contribution in [-0.2, 0) is 4.79 Å². The third-order valence-electron chi connectivity index (χ3n) is 2.26. The fourth-order valence-corrected chi connectivity index (χ4v) is 1.43. The second kappa shape index (κ2) is 9.70. The van der Waals surface area contributed by atoms with Gasteiger partial charge < -0.3 is 10.2 Å². The first-order valence-corrected chi connectivity index (χ1v) is 6.08. The molecule has 1 aliphatic heterocycles. The Morgan fingerprint density at radius 3 is 2.26 bits per heavy atom. The van der Waals surface area contributed by atoms with Gasteiger partial charge in [-0.1, -0.05) is 6.58 Å². The zero-order chi connectivity index (χ0) is 15.6. The predicted molar refractivity (Wildman–Crippen MR) is 70.9 cm³/mol. The lowest BCUT2D eigenvalue weighted by atomic mass is 10.2. The smallest absolute Gasteiger partial charge is 0.336 e. The highest BCUT2D eigenvalue weighted by Gasteiger charge is 2.39. The molecule has 7 heteroatoms. The zero-order valence-corrected chi connectivity index (χ0v) is 11.7. The molecule has 1 saturated heterocycles. The first-order chi connectivity index (χ1) is 8.82. The highest BCUT2D eigenvalue weighted by molar-refractivity contribution is 6.15. The van der Waals surface area contributed by atoms with Gasteiger partial charge in [-0.15, -0.1) is 24.4 Å². The van der Waals surface area contributed by atoms with Gasteiger partial charge in [0.05, 0.1) is 0 Å². The van der Waals surface area contributed by atoms with Crippen molar-refractivity contribution in [3.8, 4) is 12.8 Å². The molecule has 1 unspecified atom stereocenters. The highest BCUT2D eigenvalue weighted by atomic mass is 35.5. The minimum Gasteiger partial charge on any atom is -0.336 e. The monoisotopic (exact) mass is 298 g/mol. The van der Waals surface area contributed by atoms with E-state index in [-0.39, 0.29) is 19.1 Å². The number of hydrogen-bond donors (Lipinski definition) is 1. The molecule has 1 atom stereocenters. The average molecular weight is 299 g/mol. The number of hydrogen-bond acceptors (Lipinski definition) is 2. The van der Waals surface area contributed by atoms with Crippen LogP contribution in [0.2, 0.25) is 0 Å².